The number of carboxylic acids is 1. The number of rotatable bonds is 4. The molecule has 2 rings (SSSR count). The van der Waals surface area contributed by atoms with Crippen LogP contribution in [0, 0.1) is 5.82 Å². The number of thiophene rings is 1. The van der Waals surface area contributed by atoms with E-state index in [0.29, 0.717) is 6.54 Å². The predicted molar refractivity (Wildman–Crippen MR) is 78.2 cm³/mol. The van der Waals surface area contributed by atoms with Gasteiger partial charge in [-0.1, -0.05) is 6.07 Å². The quantitative estimate of drug-likeness (QED) is 0.911. The summed E-state index contributed by atoms with van der Waals surface area (Å²) < 4.78 is 13.6. The van der Waals surface area contributed by atoms with Crippen molar-refractivity contribution in [3.63, 3.8) is 0 Å². The third-order valence-corrected chi connectivity index (χ3v) is 3.64. The van der Waals surface area contributed by atoms with Crippen LogP contribution in [-0.2, 0) is 6.54 Å². The van der Waals surface area contributed by atoms with Gasteiger partial charge in [-0.2, -0.15) is 0 Å². The summed E-state index contributed by atoms with van der Waals surface area (Å²) in [5.41, 5.74) is -0.245. The van der Waals surface area contributed by atoms with Crippen molar-refractivity contribution < 1.29 is 19.1 Å². The van der Waals surface area contributed by atoms with Crippen LogP contribution in [0.3, 0.4) is 0 Å². The number of carbonyl (C=O) groups is 2. The third-order valence-electron chi connectivity index (χ3n) is 2.77. The molecule has 0 bridgehead atoms. The maximum absolute atomic E-state index is 13.6. The average molecular weight is 308 g/mol. The van der Waals surface area contributed by atoms with Crippen molar-refractivity contribution in [2.45, 2.75) is 6.54 Å². The van der Waals surface area contributed by atoms with Gasteiger partial charge in [0.2, 0.25) is 0 Å². The summed E-state index contributed by atoms with van der Waals surface area (Å²) in [4.78, 5) is 25.2. The second-order valence-electron chi connectivity index (χ2n) is 4.37. The lowest BCUT2D eigenvalue weighted by Gasteiger charge is -2.17. The number of carboxylic acid groups (broad SMARTS) is 1. The Morgan fingerprint density at radius 1 is 1.38 bits per heavy atom. The number of nitrogens with zero attached hydrogens (tertiary/aromatic N) is 1. The molecule has 0 saturated heterocycles. The molecule has 1 aromatic heterocycles. The molecule has 0 atom stereocenters. The summed E-state index contributed by atoms with van der Waals surface area (Å²) in [6.07, 6.45) is 0. The number of urea groups is 1. The number of hydrogen-bond donors (Lipinski definition) is 2. The zero-order valence-electron chi connectivity index (χ0n) is 11.2. The molecule has 21 heavy (non-hydrogen) atoms. The molecule has 0 aliphatic rings. The van der Waals surface area contributed by atoms with Crippen molar-refractivity contribution in [1.29, 1.82) is 0 Å². The van der Waals surface area contributed by atoms with Crippen LogP contribution >= 0.6 is 11.3 Å². The molecule has 7 heteroatoms. The summed E-state index contributed by atoms with van der Waals surface area (Å²) in [6.45, 7) is 0.393. The van der Waals surface area contributed by atoms with Gasteiger partial charge in [-0.3, -0.25) is 0 Å². The number of nitrogens with one attached hydrogen (secondary N) is 1. The highest BCUT2D eigenvalue weighted by Crippen LogP contribution is 2.17. The lowest BCUT2D eigenvalue weighted by atomic mass is 10.2. The Bertz CT molecular complexity index is 658. The van der Waals surface area contributed by atoms with E-state index in [1.807, 2.05) is 17.5 Å². The molecule has 2 aromatic rings. The number of anilines is 1. The van der Waals surface area contributed by atoms with Crippen molar-refractivity contribution in [2.75, 3.05) is 12.4 Å². The fourth-order valence-corrected chi connectivity index (χ4v) is 2.43. The highest BCUT2D eigenvalue weighted by Gasteiger charge is 2.14. The zero-order valence-corrected chi connectivity index (χ0v) is 12.0. The minimum absolute atomic E-state index is 0.0902. The third kappa shape index (κ3) is 3.79. The Hall–Kier alpha value is -2.41. The summed E-state index contributed by atoms with van der Waals surface area (Å²) in [7, 11) is 1.58. The van der Waals surface area contributed by atoms with Crippen LogP contribution in [0.4, 0.5) is 14.9 Å². The van der Waals surface area contributed by atoms with Crippen LogP contribution in [0.25, 0.3) is 0 Å². The molecule has 0 unspecified atom stereocenters. The molecule has 1 heterocycles. The van der Waals surface area contributed by atoms with Gasteiger partial charge in [0.05, 0.1) is 17.8 Å². The molecule has 5 nitrogen and oxygen atoms in total. The first-order valence-corrected chi connectivity index (χ1v) is 6.92. The molecule has 0 saturated carbocycles. The van der Waals surface area contributed by atoms with Gasteiger partial charge >= 0.3 is 12.0 Å². The van der Waals surface area contributed by atoms with Gasteiger partial charge in [0.15, 0.2) is 0 Å². The highest BCUT2D eigenvalue weighted by atomic mass is 32.1. The van der Waals surface area contributed by atoms with E-state index in [4.69, 9.17) is 5.11 Å². The lowest BCUT2D eigenvalue weighted by molar-refractivity contribution is 0.0697. The second-order valence-corrected chi connectivity index (χ2v) is 5.40. The van der Waals surface area contributed by atoms with E-state index in [2.05, 4.69) is 5.32 Å². The average Bonchev–Trinajstić information content (AvgIpc) is 2.93. The van der Waals surface area contributed by atoms with Crippen LogP contribution in [0.1, 0.15) is 15.2 Å². The van der Waals surface area contributed by atoms with Crippen molar-refractivity contribution in [3.8, 4) is 0 Å². The maximum Gasteiger partial charge on any atom is 0.335 e. The molecule has 0 radical (unpaired) electrons. The van der Waals surface area contributed by atoms with Crippen LogP contribution < -0.4 is 5.32 Å². The number of benzene rings is 1. The van der Waals surface area contributed by atoms with Crippen LogP contribution in [0.15, 0.2) is 35.7 Å². The summed E-state index contributed by atoms with van der Waals surface area (Å²) in [6, 6.07) is 6.50. The van der Waals surface area contributed by atoms with Crippen molar-refractivity contribution in [1.82, 2.24) is 4.90 Å². The first kappa shape index (κ1) is 15.0. The van der Waals surface area contributed by atoms with Gasteiger partial charge in [-0.05, 0) is 29.6 Å². The van der Waals surface area contributed by atoms with Gasteiger partial charge in [0, 0.05) is 11.9 Å². The predicted octanol–water partition coefficient (Wildman–Crippen LogP) is 3.25. The van der Waals surface area contributed by atoms with Gasteiger partial charge in [-0.25, -0.2) is 14.0 Å². The Morgan fingerprint density at radius 3 is 2.76 bits per heavy atom. The summed E-state index contributed by atoms with van der Waals surface area (Å²) in [5.74, 6) is -1.87. The summed E-state index contributed by atoms with van der Waals surface area (Å²) in [5, 5.41) is 13.1. The van der Waals surface area contributed by atoms with Gasteiger partial charge < -0.3 is 15.3 Å². The van der Waals surface area contributed by atoms with Crippen molar-refractivity contribution >= 4 is 29.0 Å². The molecule has 2 N–H and O–H groups in total. The van der Waals surface area contributed by atoms with Crippen molar-refractivity contribution in [2.24, 2.45) is 0 Å². The van der Waals surface area contributed by atoms with E-state index < -0.39 is 17.8 Å². The smallest absolute Gasteiger partial charge is 0.335 e. The number of halogens is 1. The van der Waals surface area contributed by atoms with E-state index in [9.17, 15) is 14.0 Å². The number of carbonyl (C=O) groups excluding carboxylic acids is 1. The Labute approximate surface area is 124 Å². The summed E-state index contributed by atoms with van der Waals surface area (Å²) >= 11 is 1.51. The van der Waals surface area contributed by atoms with Crippen LogP contribution in [0.5, 0.6) is 0 Å². The van der Waals surface area contributed by atoms with E-state index in [-0.39, 0.29) is 11.3 Å². The molecule has 2 amide bonds. The first-order valence-electron chi connectivity index (χ1n) is 6.04. The maximum atomic E-state index is 13.6. The fourth-order valence-electron chi connectivity index (χ4n) is 1.67. The molecular weight excluding hydrogens is 295 g/mol. The van der Waals surface area contributed by atoms with Gasteiger partial charge in [-0.15, -0.1) is 11.3 Å². The second kappa shape index (κ2) is 6.36. The molecule has 0 aliphatic carbocycles. The first-order chi connectivity index (χ1) is 9.97. The van der Waals surface area contributed by atoms with E-state index in [1.165, 1.54) is 16.2 Å². The van der Waals surface area contributed by atoms with Crippen LogP contribution in [0.2, 0.25) is 0 Å². The van der Waals surface area contributed by atoms with Crippen LogP contribution in [-0.4, -0.2) is 29.1 Å². The molecule has 110 valence electrons. The zero-order chi connectivity index (χ0) is 15.4. The number of amides is 2. The minimum Gasteiger partial charge on any atom is -0.478 e. The normalized spacial score (nSPS) is 10.2. The Kier molecular flexibility index (Phi) is 4.54. The largest absolute Gasteiger partial charge is 0.478 e. The Morgan fingerprint density at radius 2 is 2.14 bits per heavy atom. The molecule has 0 spiro atoms. The fraction of sp³-hybridized carbons (Fsp3) is 0.143. The van der Waals surface area contributed by atoms with E-state index in [0.717, 1.165) is 23.1 Å². The monoisotopic (exact) mass is 308 g/mol. The SMILES string of the molecule is CN(Cc1cccs1)C(=O)Nc1cc(C(=O)O)ccc1F. The number of aromatic carboxylic acids is 1. The van der Waals surface area contributed by atoms with E-state index in [1.54, 1.807) is 7.05 Å². The minimum atomic E-state index is -1.18. The lowest BCUT2D eigenvalue weighted by Crippen LogP contribution is -2.30. The van der Waals surface area contributed by atoms with E-state index >= 15 is 0 Å². The van der Waals surface area contributed by atoms with Gasteiger partial charge in [0.1, 0.15) is 5.82 Å². The Balaban J connectivity index is 2.08. The highest BCUT2D eigenvalue weighted by molar-refractivity contribution is 7.09. The molecule has 1 aromatic carbocycles. The molecule has 0 fully saturated rings. The topological polar surface area (TPSA) is 69.6 Å². The number of hydrogen-bond acceptors (Lipinski definition) is 3. The standard InChI is InChI=1S/C14H13FN2O3S/c1-17(8-10-3-2-6-21-10)14(20)16-12-7-9(13(18)19)4-5-11(12)15/h2-7H,8H2,1H3,(H,16,20)(H,18,19). The molecule has 0 aliphatic heterocycles. The van der Waals surface area contributed by atoms with Gasteiger partial charge in [0.25, 0.3) is 0 Å². The van der Waals surface area contributed by atoms with Crippen molar-refractivity contribution in [3.05, 3.63) is 52.0 Å². The molecular formula is C14H13FN2O3S.